The van der Waals surface area contributed by atoms with Crippen LogP contribution in [0.4, 0.5) is 0 Å². The van der Waals surface area contributed by atoms with Crippen LogP contribution in [0.1, 0.15) is 48.5 Å². The second-order valence-electron chi connectivity index (χ2n) is 5.08. The van der Waals surface area contributed by atoms with Crippen molar-refractivity contribution in [3.05, 3.63) is 35.4 Å². The molecule has 1 saturated carbocycles. The van der Waals surface area contributed by atoms with Crippen molar-refractivity contribution in [3.63, 3.8) is 0 Å². The molecule has 1 aromatic rings. The number of carbonyl (C=O) groups is 1. The molecule has 2 heteroatoms. The van der Waals surface area contributed by atoms with E-state index in [0.29, 0.717) is 0 Å². The molecule has 2 atom stereocenters. The highest BCUT2D eigenvalue weighted by Gasteiger charge is 2.28. The highest BCUT2D eigenvalue weighted by atomic mass is 16.1. The molecule has 1 fully saturated rings. The Hall–Kier alpha value is -1.15. The number of Topliss-reactive ketones (excluding diaryl/α,β-unsaturated/α-hetero) is 1. The normalized spacial score (nSPS) is 23.9. The number of benzene rings is 1. The van der Waals surface area contributed by atoms with Gasteiger partial charge < -0.3 is 5.73 Å². The quantitative estimate of drug-likeness (QED) is 0.810. The fraction of sp³-hybridized carbons (Fsp3) is 0.533. The Morgan fingerprint density at radius 1 is 1.41 bits per heavy atom. The maximum absolute atomic E-state index is 12.3. The first-order valence-electron chi connectivity index (χ1n) is 6.59. The van der Waals surface area contributed by atoms with Gasteiger partial charge in [0.15, 0.2) is 5.78 Å². The van der Waals surface area contributed by atoms with E-state index >= 15 is 0 Å². The zero-order valence-electron chi connectivity index (χ0n) is 10.5. The Morgan fingerprint density at radius 3 is 2.88 bits per heavy atom. The first-order valence-corrected chi connectivity index (χ1v) is 6.59. The van der Waals surface area contributed by atoms with Gasteiger partial charge in [-0.3, -0.25) is 4.79 Å². The minimum atomic E-state index is 0.155. The van der Waals surface area contributed by atoms with Crippen molar-refractivity contribution in [1.82, 2.24) is 0 Å². The Bertz CT molecular complexity index is 400. The van der Waals surface area contributed by atoms with E-state index in [1.165, 1.54) is 5.56 Å². The van der Waals surface area contributed by atoms with Gasteiger partial charge in [0.05, 0.1) is 0 Å². The molecule has 0 spiro atoms. The van der Waals surface area contributed by atoms with Gasteiger partial charge in [-0.15, -0.1) is 0 Å². The summed E-state index contributed by atoms with van der Waals surface area (Å²) in [4.78, 5) is 12.3. The van der Waals surface area contributed by atoms with E-state index in [4.69, 9.17) is 5.73 Å². The van der Waals surface area contributed by atoms with Crippen LogP contribution in [0.2, 0.25) is 0 Å². The molecule has 0 aromatic heterocycles. The smallest absolute Gasteiger partial charge is 0.166 e. The second kappa shape index (κ2) is 5.46. The molecule has 2 rings (SSSR count). The van der Waals surface area contributed by atoms with Gasteiger partial charge in [-0.25, -0.2) is 0 Å². The van der Waals surface area contributed by atoms with Gasteiger partial charge in [0, 0.05) is 17.5 Å². The van der Waals surface area contributed by atoms with E-state index in [1.54, 1.807) is 0 Å². The summed E-state index contributed by atoms with van der Waals surface area (Å²) in [5, 5.41) is 0. The number of hydrogen-bond acceptors (Lipinski definition) is 2. The Morgan fingerprint density at radius 2 is 2.24 bits per heavy atom. The molecule has 0 radical (unpaired) electrons. The fourth-order valence-corrected chi connectivity index (χ4v) is 2.66. The molecular formula is C15H21NO. The third-order valence-electron chi connectivity index (χ3n) is 3.59. The number of nitrogens with two attached hydrogens (primary N) is 1. The highest BCUT2D eigenvalue weighted by molar-refractivity contribution is 5.98. The Kier molecular flexibility index (Phi) is 3.95. The summed E-state index contributed by atoms with van der Waals surface area (Å²) in [5.41, 5.74) is 8.00. The number of ketones is 1. The topological polar surface area (TPSA) is 43.1 Å². The van der Waals surface area contributed by atoms with Crippen molar-refractivity contribution >= 4 is 5.78 Å². The summed E-state index contributed by atoms with van der Waals surface area (Å²) >= 11 is 0. The summed E-state index contributed by atoms with van der Waals surface area (Å²) in [7, 11) is 0. The number of aryl methyl sites for hydroxylation is 1. The SMILES string of the molecule is CCCc1cccc(C(=O)C2CCC(N)C2)c1. The van der Waals surface area contributed by atoms with Gasteiger partial charge in [-0.2, -0.15) is 0 Å². The van der Waals surface area contributed by atoms with Gasteiger partial charge in [0.25, 0.3) is 0 Å². The van der Waals surface area contributed by atoms with E-state index in [0.717, 1.165) is 37.7 Å². The molecule has 0 bridgehead atoms. The lowest BCUT2D eigenvalue weighted by atomic mass is 9.94. The molecule has 2 nitrogen and oxygen atoms in total. The minimum absolute atomic E-state index is 0.155. The maximum atomic E-state index is 12.3. The van der Waals surface area contributed by atoms with Crippen molar-refractivity contribution in [3.8, 4) is 0 Å². The summed E-state index contributed by atoms with van der Waals surface area (Å²) < 4.78 is 0. The van der Waals surface area contributed by atoms with Crippen molar-refractivity contribution in [2.75, 3.05) is 0 Å². The molecule has 92 valence electrons. The van der Waals surface area contributed by atoms with E-state index in [9.17, 15) is 4.79 Å². The summed E-state index contributed by atoms with van der Waals surface area (Å²) in [6.07, 6.45) is 4.97. The summed E-state index contributed by atoms with van der Waals surface area (Å²) in [6, 6.07) is 8.30. The number of carbonyl (C=O) groups excluding carboxylic acids is 1. The standard InChI is InChI=1S/C15H21NO/c1-2-4-11-5-3-6-12(9-11)15(17)13-7-8-14(16)10-13/h3,5-6,9,13-14H,2,4,7-8,10,16H2,1H3. The molecule has 0 heterocycles. The molecule has 17 heavy (non-hydrogen) atoms. The monoisotopic (exact) mass is 231 g/mol. The molecule has 1 aliphatic carbocycles. The van der Waals surface area contributed by atoms with Gasteiger partial charge in [-0.05, 0) is 37.3 Å². The zero-order valence-corrected chi connectivity index (χ0v) is 10.5. The molecule has 0 amide bonds. The summed E-state index contributed by atoms with van der Waals surface area (Å²) in [5.74, 6) is 0.442. The van der Waals surface area contributed by atoms with Crippen LogP contribution in [0.25, 0.3) is 0 Å². The lowest BCUT2D eigenvalue weighted by Crippen LogP contribution is -2.18. The lowest BCUT2D eigenvalue weighted by molar-refractivity contribution is 0.0922. The molecule has 1 aromatic carbocycles. The van der Waals surface area contributed by atoms with Gasteiger partial charge in [0.1, 0.15) is 0 Å². The third kappa shape index (κ3) is 2.95. The average Bonchev–Trinajstić information content (AvgIpc) is 2.76. The van der Waals surface area contributed by atoms with Crippen LogP contribution in [0.15, 0.2) is 24.3 Å². The lowest BCUT2D eigenvalue weighted by Gasteiger charge is -2.09. The highest BCUT2D eigenvalue weighted by Crippen LogP contribution is 2.27. The van der Waals surface area contributed by atoms with Gasteiger partial charge in [0.2, 0.25) is 0 Å². The Labute approximate surface area is 103 Å². The average molecular weight is 231 g/mol. The predicted molar refractivity (Wildman–Crippen MR) is 70.1 cm³/mol. The molecule has 2 N–H and O–H groups in total. The van der Waals surface area contributed by atoms with Crippen molar-refractivity contribution in [2.45, 2.75) is 45.1 Å². The van der Waals surface area contributed by atoms with E-state index in [-0.39, 0.29) is 17.7 Å². The van der Waals surface area contributed by atoms with Crippen LogP contribution in [-0.4, -0.2) is 11.8 Å². The van der Waals surface area contributed by atoms with E-state index in [2.05, 4.69) is 19.1 Å². The predicted octanol–water partition coefficient (Wildman–Crippen LogP) is 2.95. The largest absolute Gasteiger partial charge is 0.328 e. The van der Waals surface area contributed by atoms with Crippen LogP contribution in [-0.2, 0) is 6.42 Å². The van der Waals surface area contributed by atoms with Crippen LogP contribution >= 0.6 is 0 Å². The fourth-order valence-electron chi connectivity index (χ4n) is 2.66. The second-order valence-corrected chi connectivity index (χ2v) is 5.08. The van der Waals surface area contributed by atoms with E-state index < -0.39 is 0 Å². The maximum Gasteiger partial charge on any atom is 0.166 e. The first-order chi connectivity index (χ1) is 8.20. The van der Waals surface area contributed by atoms with Crippen molar-refractivity contribution in [1.29, 1.82) is 0 Å². The Balaban J connectivity index is 2.10. The van der Waals surface area contributed by atoms with E-state index in [1.807, 2.05) is 12.1 Å². The van der Waals surface area contributed by atoms with Crippen molar-refractivity contribution < 1.29 is 4.79 Å². The van der Waals surface area contributed by atoms with Crippen LogP contribution < -0.4 is 5.73 Å². The van der Waals surface area contributed by atoms with Gasteiger partial charge >= 0.3 is 0 Å². The number of rotatable bonds is 4. The van der Waals surface area contributed by atoms with Gasteiger partial charge in [-0.1, -0.05) is 31.5 Å². The molecule has 1 aliphatic rings. The molecule has 2 unspecified atom stereocenters. The number of hydrogen-bond donors (Lipinski definition) is 1. The van der Waals surface area contributed by atoms with Crippen LogP contribution in [0.3, 0.4) is 0 Å². The molecule has 0 aliphatic heterocycles. The summed E-state index contributed by atoms with van der Waals surface area (Å²) in [6.45, 7) is 2.16. The first kappa shape index (κ1) is 12.3. The minimum Gasteiger partial charge on any atom is -0.328 e. The molecular weight excluding hydrogens is 210 g/mol. The van der Waals surface area contributed by atoms with Crippen LogP contribution in [0, 0.1) is 5.92 Å². The van der Waals surface area contributed by atoms with Crippen molar-refractivity contribution in [2.24, 2.45) is 11.7 Å². The third-order valence-corrected chi connectivity index (χ3v) is 3.59. The van der Waals surface area contributed by atoms with Crippen LogP contribution in [0.5, 0.6) is 0 Å². The zero-order chi connectivity index (χ0) is 12.3. The molecule has 0 saturated heterocycles.